The number of hydrogen-bond acceptors (Lipinski definition) is 1. The molecule has 0 spiro atoms. The van der Waals surface area contributed by atoms with Crippen LogP contribution in [0, 0.1) is 6.92 Å². The normalized spacial score (nSPS) is 12.8. The van der Waals surface area contributed by atoms with Gasteiger partial charge in [-0.15, -0.1) is 0 Å². The maximum atomic E-state index is 10.5. The van der Waals surface area contributed by atoms with Gasteiger partial charge in [-0.3, -0.25) is 0 Å². The Morgan fingerprint density at radius 2 is 1.89 bits per heavy atom. The van der Waals surface area contributed by atoms with Gasteiger partial charge < -0.3 is 10.1 Å². The number of aromatic nitrogens is 1. The fourth-order valence-corrected chi connectivity index (χ4v) is 2.59. The van der Waals surface area contributed by atoms with Gasteiger partial charge in [0.2, 0.25) is 0 Å². The molecular formula is C16H14ClNO. The van der Waals surface area contributed by atoms with E-state index >= 15 is 0 Å². The topological polar surface area (TPSA) is 36.0 Å². The molecule has 0 fully saturated rings. The fourth-order valence-electron chi connectivity index (χ4n) is 2.35. The van der Waals surface area contributed by atoms with E-state index < -0.39 is 6.10 Å². The lowest BCUT2D eigenvalue weighted by atomic mass is 10.00. The van der Waals surface area contributed by atoms with Crippen LogP contribution in [0.2, 0.25) is 5.02 Å². The molecule has 3 heteroatoms. The Kier molecular flexibility index (Phi) is 3.05. The van der Waals surface area contributed by atoms with Gasteiger partial charge in [-0.1, -0.05) is 41.4 Å². The molecule has 0 bridgehead atoms. The minimum absolute atomic E-state index is 0.581. The molecule has 2 aromatic carbocycles. The van der Waals surface area contributed by atoms with E-state index in [1.807, 2.05) is 43.5 Å². The maximum Gasteiger partial charge on any atom is 0.108 e. The summed E-state index contributed by atoms with van der Waals surface area (Å²) in [5, 5.41) is 12.2. The SMILES string of the molecule is Cc1ccc2[nH]cc(C(O)c3ccccc3Cl)c2c1. The predicted octanol–water partition coefficient (Wildman–Crippen LogP) is 4.21. The lowest BCUT2D eigenvalue weighted by Crippen LogP contribution is -1.99. The summed E-state index contributed by atoms with van der Waals surface area (Å²) in [5.74, 6) is 0. The van der Waals surface area contributed by atoms with E-state index in [2.05, 4.69) is 11.1 Å². The third-order valence-corrected chi connectivity index (χ3v) is 3.71. The van der Waals surface area contributed by atoms with Crippen molar-refractivity contribution in [3.05, 3.63) is 70.4 Å². The molecule has 3 aromatic rings. The van der Waals surface area contributed by atoms with Gasteiger partial charge in [-0.25, -0.2) is 0 Å². The summed E-state index contributed by atoms with van der Waals surface area (Å²) in [4.78, 5) is 3.18. The average Bonchev–Trinajstić information content (AvgIpc) is 2.81. The number of aliphatic hydroxyl groups is 1. The molecule has 0 amide bonds. The molecule has 0 radical (unpaired) electrons. The number of halogens is 1. The number of benzene rings is 2. The maximum absolute atomic E-state index is 10.5. The van der Waals surface area contributed by atoms with Crippen molar-refractivity contribution in [2.24, 2.45) is 0 Å². The van der Waals surface area contributed by atoms with Crippen LogP contribution in [-0.2, 0) is 0 Å². The van der Waals surface area contributed by atoms with Gasteiger partial charge >= 0.3 is 0 Å². The van der Waals surface area contributed by atoms with Crippen molar-refractivity contribution in [2.45, 2.75) is 13.0 Å². The molecule has 0 aliphatic rings. The zero-order chi connectivity index (χ0) is 13.4. The van der Waals surface area contributed by atoms with Crippen molar-refractivity contribution in [2.75, 3.05) is 0 Å². The molecule has 2 N–H and O–H groups in total. The standard InChI is InChI=1S/C16H14ClNO/c1-10-6-7-15-12(8-10)13(9-18-15)16(19)11-4-2-3-5-14(11)17/h2-9,16,18-19H,1H3. The summed E-state index contributed by atoms with van der Waals surface area (Å²) in [5.41, 5.74) is 3.77. The van der Waals surface area contributed by atoms with Crippen molar-refractivity contribution in [1.29, 1.82) is 0 Å². The summed E-state index contributed by atoms with van der Waals surface area (Å²) >= 11 is 6.15. The van der Waals surface area contributed by atoms with Gasteiger partial charge in [0.1, 0.15) is 6.10 Å². The van der Waals surface area contributed by atoms with Gasteiger partial charge in [0.25, 0.3) is 0 Å². The zero-order valence-corrected chi connectivity index (χ0v) is 11.3. The highest BCUT2D eigenvalue weighted by Gasteiger charge is 2.17. The minimum atomic E-state index is -0.718. The summed E-state index contributed by atoms with van der Waals surface area (Å²) < 4.78 is 0. The molecule has 19 heavy (non-hydrogen) atoms. The molecule has 0 aliphatic carbocycles. The van der Waals surface area contributed by atoms with E-state index in [0.29, 0.717) is 5.02 Å². The highest BCUT2D eigenvalue weighted by Crippen LogP contribution is 2.32. The van der Waals surface area contributed by atoms with E-state index in [1.165, 1.54) is 5.56 Å². The molecule has 0 aliphatic heterocycles. The number of fused-ring (bicyclic) bond motifs is 1. The molecule has 2 nitrogen and oxygen atoms in total. The van der Waals surface area contributed by atoms with E-state index in [1.54, 1.807) is 6.07 Å². The van der Waals surface area contributed by atoms with Crippen LogP contribution >= 0.6 is 11.6 Å². The van der Waals surface area contributed by atoms with Crippen LogP contribution < -0.4 is 0 Å². The van der Waals surface area contributed by atoms with Crippen molar-refractivity contribution in [3.63, 3.8) is 0 Å². The van der Waals surface area contributed by atoms with Gasteiger partial charge in [0.05, 0.1) is 0 Å². The smallest absolute Gasteiger partial charge is 0.108 e. The number of nitrogens with one attached hydrogen (secondary N) is 1. The molecule has 0 saturated heterocycles. The first-order valence-corrected chi connectivity index (χ1v) is 6.55. The Morgan fingerprint density at radius 3 is 2.68 bits per heavy atom. The minimum Gasteiger partial charge on any atom is -0.384 e. The van der Waals surface area contributed by atoms with Crippen LogP contribution in [0.3, 0.4) is 0 Å². The summed E-state index contributed by atoms with van der Waals surface area (Å²) in [6.07, 6.45) is 1.13. The third-order valence-electron chi connectivity index (χ3n) is 3.36. The van der Waals surface area contributed by atoms with Crippen molar-refractivity contribution >= 4 is 22.5 Å². The van der Waals surface area contributed by atoms with Crippen molar-refractivity contribution in [1.82, 2.24) is 4.98 Å². The van der Waals surface area contributed by atoms with E-state index in [-0.39, 0.29) is 0 Å². The summed E-state index contributed by atoms with van der Waals surface area (Å²) in [6.45, 7) is 2.04. The first-order chi connectivity index (χ1) is 9.16. The Morgan fingerprint density at radius 1 is 1.11 bits per heavy atom. The first kappa shape index (κ1) is 12.3. The zero-order valence-electron chi connectivity index (χ0n) is 10.5. The molecule has 0 saturated carbocycles. The fraction of sp³-hybridized carbons (Fsp3) is 0.125. The Labute approximate surface area is 116 Å². The molecule has 1 unspecified atom stereocenters. The second kappa shape index (κ2) is 4.72. The highest BCUT2D eigenvalue weighted by molar-refractivity contribution is 6.31. The lowest BCUT2D eigenvalue weighted by molar-refractivity contribution is 0.222. The second-order valence-corrected chi connectivity index (χ2v) is 5.12. The van der Waals surface area contributed by atoms with Crippen LogP contribution in [0.1, 0.15) is 22.8 Å². The molecule has 1 aromatic heterocycles. The van der Waals surface area contributed by atoms with Crippen LogP contribution in [-0.4, -0.2) is 10.1 Å². The van der Waals surface area contributed by atoms with Crippen molar-refractivity contribution < 1.29 is 5.11 Å². The number of aromatic amines is 1. The monoisotopic (exact) mass is 271 g/mol. The third kappa shape index (κ3) is 2.14. The highest BCUT2D eigenvalue weighted by atomic mass is 35.5. The van der Waals surface area contributed by atoms with Gasteiger partial charge in [0, 0.05) is 33.2 Å². The predicted molar refractivity (Wildman–Crippen MR) is 78.5 cm³/mol. The Hall–Kier alpha value is -1.77. The Bertz CT molecular complexity index is 732. The van der Waals surface area contributed by atoms with E-state index in [9.17, 15) is 5.11 Å². The van der Waals surface area contributed by atoms with E-state index in [4.69, 9.17) is 11.6 Å². The van der Waals surface area contributed by atoms with Crippen LogP contribution in [0.15, 0.2) is 48.7 Å². The number of rotatable bonds is 2. The van der Waals surface area contributed by atoms with Gasteiger partial charge in [-0.05, 0) is 25.1 Å². The molecule has 1 heterocycles. The summed E-state index contributed by atoms with van der Waals surface area (Å²) in [6, 6.07) is 13.5. The number of aliphatic hydroxyl groups excluding tert-OH is 1. The quantitative estimate of drug-likeness (QED) is 0.720. The lowest BCUT2D eigenvalue weighted by Gasteiger charge is -2.12. The average molecular weight is 272 g/mol. The second-order valence-electron chi connectivity index (χ2n) is 4.72. The van der Waals surface area contributed by atoms with Gasteiger partial charge in [-0.2, -0.15) is 0 Å². The number of hydrogen-bond donors (Lipinski definition) is 2. The largest absolute Gasteiger partial charge is 0.384 e. The Balaban J connectivity index is 2.14. The number of aryl methyl sites for hydroxylation is 1. The van der Waals surface area contributed by atoms with Crippen LogP contribution in [0.4, 0.5) is 0 Å². The molecule has 3 rings (SSSR count). The molecular weight excluding hydrogens is 258 g/mol. The summed E-state index contributed by atoms with van der Waals surface area (Å²) in [7, 11) is 0. The van der Waals surface area contributed by atoms with Gasteiger partial charge in [0.15, 0.2) is 0 Å². The van der Waals surface area contributed by atoms with Crippen LogP contribution in [0.25, 0.3) is 10.9 Å². The number of H-pyrrole nitrogens is 1. The first-order valence-electron chi connectivity index (χ1n) is 6.17. The molecule has 96 valence electrons. The van der Waals surface area contributed by atoms with Crippen molar-refractivity contribution in [3.8, 4) is 0 Å². The van der Waals surface area contributed by atoms with Crippen LogP contribution in [0.5, 0.6) is 0 Å². The van der Waals surface area contributed by atoms with E-state index in [0.717, 1.165) is 22.0 Å². The molecule has 1 atom stereocenters.